The van der Waals surface area contributed by atoms with E-state index in [1.54, 1.807) is 0 Å². The summed E-state index contributed by atoms with van der Waals surface area (Å²) < 4.78 is 54.4. The summed E-state index contributed by atoms with van der Waals surface area (Å²) in [6.07, 6.45) is -3.45. The minimum atomic E-state index is -4.59. The molecule has 2 heterocycles. The first kappa shape index (κ1) is 16.0. The molecule has 1 aromatic carbocycles. The van der Waals surface area contributed by atoms with Crippen LogP contribution in [0.5, 0.6) is 0 Å². The molecule has 0 aliphatic heterocycles. The molecule has 8 heteroatoms. The molecule has 0 fully saturated rings. The van der Waals surface area contributed by atoms with Crippen LogP contribution in [0.2, 0.25) is 0 Å². The second-order valence-corrected chi connectivity index (χ2v) is 5.01. The molecule has 1 N–H and O–H groups in total. The normalized spacial score (nSPS) is 11.7. The van der Waals surface area contributed by atoms with E-state index in [4.69, 9.17) is 0 Å². The van der Waals surface area contributed by atoms with Gasteiger partial charge in [0.2, 0.25) is 5.95 Å². The summed E-state index contributed by atoms with van der Waals surface area (Å²) in [5, 5.41) is 2.64. The van der Waals surface area contributed by atoms with Crippen LogP contribution in [0.25, 0.3) is 16.6 Å². The van der Waals surface area contributed by atoms with Gasteiger partial charge >= 0.3 is 6.18 Å². The molecule has 0 spiro atoms. The van der Waals surface area contributed by atoms with Crippen LogP contribution in [0.3, 0.4) is 0 Å². The van der Waals surface area contributed by atoms with E-state index in [0.29, 0.717) is 0 Å². The van der Waals surface area contributed by atoms with Crippen LogP contribution in [0.4, 0.5) is 23.5 Å². The topological polar surface area (TPSA) is 46.4 Å². The smallest absolute Gasteiger partial charge is 0.358 e. The summed E-state index contributed by atoms with van der Waals surface area (Å²) in [6.45, 7) is 0. The summed E-state index contributed by atoms with van der Waals surface area (Å²) in [5.41, 5.74) is -2.16. The zero-order valence-electron chi connectivity index (χ0n) is 12.4. The van der Waals surface area contributed by atoms with Crippen molar-refractivity contribution >= 4 is 11.5 Å². The number of aromatic nitrogens is 2. The molecule has 124 valence electrons. The highest BCUT2D eigenvalue weighted by Crippen LogP contribution is 2.32. The van der Waals surface area contributed by atoms with Gasteiger partial charge in [0.05, 0.1) is 16.6 Å². The van der Waals surface area contributed by atoms with Crippen molar-refractivity contribution in [3.63, 3.8) is 0 Å². The predicted octanol–water partition coefficient (Wildman–Crippen LogP) is 3.56. The molecule has 3 rings (SSSR count). The second kappa shape index (κ2) is 5.63. The maximum atomic E-state index is 14.1. The average molecular weight is 337 g/mol. The first-order chi connectivity index (χ1) is 11.3. The van der Waals surface area contributed by atoms with Gasteiger partial charge in [-0.25, -0.2) is 4.39 Å². The average Bonchev–Trinajstić information content (AvgIpc) is 2.54. The van der Waals surface area contributed by atoms with Gasteiger partial charge in [0.1, 0.15) is 5.82 Å². The van der Waals surface area contributed by atoms with Crippen molar-refractivity contribution in [2.24, 2.45) is 0 Å². The fourth-order valence-corrected chi connectivity index (χ4v) is 2.46. The molecule has 0 aliphatic rings. The number of hydrogen-bond donors (Lipinski definition) is 1. The highest BCUT2D eigenvalue weighted by molar-refractivity contribution is 5.81. The molecule has 0 saturated carbocycles. The second-order valence-electron chi connectivity index (χ2n) is 5.01. The molecular formula is C16H11F4N3O. The van der Waals surface area contributed by atoms with Crippen molar-refractivity contribution in [3.8, 4) is 11.1 Å². The van der Waals surface area contributed by atoms with E-state index in [1.165, 1.54) is 29.6 Å². The van der Waals surface area contributed by atoms with E-state index in [2.05, 4.69) is 10.3 Å². The largest absolute Gasteiger partial charge is 0.416 e. The van der Waals surface area contributed by atoms with Crippen molar-refractivity contribution in [1.82, 2.24) is 9.38 Å². The lowest BCUT2D eigenvalue weighted by molar-refractivity contribution is -0.137. The van der Waals surface area contributed by atoms with Crippen molar-refractivity contribution in [3.05, 3.63) is 64.3 Å². The van der Waals surface area contributed by atoms with Crippen LogP contribution in [0.15, 0.2) is 47.4 Å². The van der Waals surface area contributed by atoms with Gasteiger partial charge in [0.15, 0.2) is 0 Å². The van der Waals surface area contributed by atoms with Crippen LogP contribution in [-0.2, 0) is 6.18 Å². The first-order valence-corrected chi connectivity index (χ1v) is 6.89. The summed E-state index contributed by atoms with van der Waals surface area (Å²) in [4.78, 5) is 16.1. The van der Waals surface area contributed by atoms with Gasteiger partial charge in [-0.2, -0.15) is 18.2 Å². The van der Waals surface area contributed by atoms with Crippen LogP contribution in [0.1, 0.15) is 5.56 Å². The molecular weight excluding hydrogens is 326 g/mol. The van der Waals surface area contributed by atoms with Gasteiger partial charge in [0.25, 0.3) is 5.56 Å². The number of alkyl halides is 3. The Morgan fingerprint density at radius 2 is 1.88 bits per heavy atom. The maximum Gasteiger partial charge on any atom is 0.416 e. The number of benzene rings is 1. The number of nitrogens with zero attached hydrogens (tertiary/aromatic N) is 2. The number of pyridine rings is 1. The fraction of sp³-hybridized carbons (Fsp3) is 0.125. The monoisotopic (exact) mass is 337 g/mol. The molecule has 3 aromatic rings. The van der Waals surface area contributed by atoms with E-state index >= 15 is 0 Å². The maximum absolute atomic E-state index is 14.1. The van der Waals surface area contributed by atoms with Gasteiger partial charge in [-0.3, -0.25) is 9.20 Å². The van der Waals surface area contributed by atoms with E-state index in [1.807, 2.05) is 0 Å². The summed E-state index contributed by atoms with van der Waals surface area (Å²) in [5.74, 6) is -0.656. The first-order valence-electron chi connectivity index (χ1n) is 6.89. The number of fused-ring (bicyclic) bond motifs is 1. The molecule has 4 nitrogen and oxygen atoms in total. The highest BCUT2D eigenvalue weighted by atomic mass is 19.4. The Hall–Kier alpha value is -2.90. The third-order valence-electron chi connectivity index (χ3n) is 3.55. The minimum absolute atomic E-state index is 0.0591. The Balaban J connectivity index is 2.46. The third-order valence-corrected chi connectivity index (χ3v) is 3.55. The van der Waals surface area contributed by atoms with Crippen molar-refractivity contribution < 1.29 is 17.6 Å². The number of rotatable bonds is 2. The Kier molecular flexibility index (Phi) is 3.75. The predicted molar refractivity (Wildman–Crippen MR) is 81.4 cm³/mol. The summed E-state index contributed by atoms with van der Waals surface area (Å²) >= 11 is 0. The fourth-order valence-electron chi connectivity index (χ4n) is 2.46. The molecule has 0 aliphatic carbocycles. The lowest BCUT2D eigenvalue weighted by Gasteiger charge is -2.14. The lowest BCUT2D eigenvalue weighted by atomic mass is 10.0. The van der Waals surface area contributed by atoms with Crippen LogP contribution in [0, 0.1) is 5.82 Å². The van der Waals surface area contributed by atoms with Gasteiger partial charge in [-0.1, -0.05) is 18.2 Å². The molecule has 24 heavy (non-hydrogen) atoms. The van der Waals surface area contributed by atoms with Gasteiger partial charge < -0.3 is 5.32 Å². The molecule has 0 amide bonds. The van der Waals surface area contributed by atoms with Crippen molar-refractivity contribution in [2.45, 2.75) is 6.18 Å². The zero-order chi connectivity index (χ0) is 17.5. The standard InChI is InChI=1S/C16H11F4N3O/c1-21-15-22-14(24)13(10-4-2-3-5-11(10)17)12-8-9(16(18,19)20)6-7-23(12)15/h2-8H,1H3,(H,21,22,24). The summed E-state index contributed by atoms with van der Waals surface area (Å²) in [6, 6.07) is 7.05. The number of halogens is 4. The van der Waals surface area contributed by atoms with Crippen LogP contribution >= 0.6 is 0 Å². The minimum Gasteiger partial charge on any atom is -0.358 e. The molecule has 2 aromatic heterocycles. The van der Waals surface area contributed by atoms with Gasteiger partial charge in [-0.05, 0) is 18.2 Å². The zero-order valence-corrected chi connectivity index (χ0v) is 12.4. The third kappa shape index (κ3) is 2.60. The van der Waals surface area contributed by atoms with Crippen molar-refractivity contribution in [2.75, 3.05) is 12.4 Å². The molecule has 0 bridgehead atoms. The van der Waals surface area contributed by atoms with E-state index < -0.39 is 23.1 Å². The van der Waals surface area contributed by atoms with Gasteiger partial charge in [-0.15, -0.1) is 0 Å². The molecule has 0 saturated heterocycles. The van der Waals surface area contributed by atoms with E-state index in [9.17, 15) is 22.4 Å². The van der Waals surface area contributed by atoms with Gasteiger partial charge in [0, 0.05) is 18.8 Å². The highest BCUT2D eigenvalue weighted by Gasteiger charge is 2.31. The molecule has 0 unspecified atom stereocenters. The number of anilines is 1. The number of hydrogen-bond acceptors (Lipinski definition) is 3. The molecule has 0 radical (unpaired) electrons. The quantitative estimate of drug-likeness (QED) is 0.728. The van der Waals surface area contributed by atoms with E-state index in [0.717, 1.165) is 24.4 Å². The number of nitrogens with one attached hydrogen (secondary N) is 1. The Morgan fingerprint density at radius 3 is 2.50 bits per heavy atom. The Labute approximate surface area is 133 Å². The molecule has 0 atom stereocenters. The van der Waals surface area contributed by atoms with Crippen molar-refractivity contribution in [1.29, 1.82) is 0 Å². The Bertz CT molecular complexity index is 979. The SMILES string of the molecule is CNc1nc(=O)c(-c2ccccc2F)c2cc(C(F)(F)F)ccn12. The summed E-state index contributed by atoms with van der Waals surface area (Å²) in [7, 11) is 1.48. The lowest BCUT2D eigenvalue weighted by Crippen LogP contribution is -2.18. The Morgan fingerprint density at radius 1 is 1.17 bits per heavy atom. The van der Waals surface area contributed by atoms with E-state index in [-0.39, 0.29) is 22.6 Å². The van der Waals surface area contributed by atoms with Crippen LogP contribution in [-0.4, -0.2) is 16.4 Å². The van der Waals surface area contributed by atoms with Crippen LogP contribution < -0.4 is 10.9 Å².